The minimum absolute atomic E-state index is 0.198. The summed E-state index contributed by atoms with van der Waals surface area (Å²) < 4.78 is 26.2. The van der Waals surface area contributed by atoms with Crippen molar-refractivity contribution in [2.45, 2.75) is 6.42 Å². The van der Waals surface area contributed by atoms with Crippen LogP contribution in [0.5, 0.6) is 0 Å². The summed E-state index contributed by atoms with van der Waals surface area (Å²) in [6, 6.07) is 7.77. The second-order valence-electron chi connectivity index (χ2n) is 4.03. The fraction of sp³-hybridized carbons (Fsp3) is 0.0714. The molecule has 0 radical (unpaired) electrons. The Morgan fingerprint density at radius 2 is 1.68 bits per heavy atom. The number of benzene rings is 2. The van der Waals surface area contributed by atoms with E-state index in [1.165, 1.54) is 24.3 Å². The van der Waals surface area contributed by atoms with Gasteiger partial charge in [-0.3, -0.25) is 4.79 Å². The maximum Gasteiger partial charge on any atom is 0.307 e. The van der Waals surface area contributed by atoms with E-state index in [4.69, 9.17) is 16.7 Å². The van der Waals surface area contributed by atoms with E-state index in [0.29, 0.717) is 16.7 Å². The molecule has 0 aromatic heterocycles. The highest BCUT2D eigenvalue weighted by Gasteiger charge is 2.09. The van der Waals surface area contributed by atoms with Crippen LogP contribution < -0.4 is 0 Å². The molecule has 19 heavy (non-hydrogen) atoms. The number of carbonyl (C=O) groups is 1. The molecule has 0 bridgehead atoms. The second-order valence-corrected chi connectivity index (χ2v) is 4.44. The van der Waals surface area contributed by atoms with Gasteiger partial charge in [0.15, 0.2) is 0 Å². The molecule has 0 unspecified atom stereocenters. The molecule has 0 saturated carbocycles. The molecule has 0 aliphatic rings. The fourth-order valence-corrected chi connectivity index (χ4v) is 2.00. The van der Waals surface area contributed by atoms with Crippen molar-refractivity contribution in [3.8, 4) is 11.1 Å². The molecule has 1 N–H and O–H groups in total. The maximum atomic E-state index is 13.1. The Labute approximate surface area is 113 Å². The molecule has 98 valence electrons. The van der Waals surface area contributed by atoms with Gasteiger partial charge < -0.3 is 5.11 Å². The van der Waals surface area contributed by atoms with Crippen LogP contribution in [0.1, 0.15) is 5.56 Å². The predicted molar refractivity (Wildman–Crippen MR) is 68.1 cm³/mol. The van der Waals surface area contributed by atoms with Crippen LogP contribution in [-0.2, 0) is 11.2 Å². The van der Waals surface area contributed by atoms with Gasteiger partial charge in [0.05, 0.1) is 6.42 Å². The molecule has 0 aliphatic carbocycles. The molecule has 0 aliphatic heterocycles. The van der Waals surface area contributed by atoms with Crippen molar-refractivity contribution >= 4 is 17.6 Å². The van der Waals surface area contributed by atoms with Gasteiger partial charge in [0.25, 0.3) is 0 Å². The normalized spacial score (nSPS) is 10.5. The highest BCUT2D eigenvalue weighted by Crippen LogP contribution is 2.27. The smallest absolute Gasteiger partial charge is 0.307 e. The van der Waals surface area contributed by atoms with Crippen molar-refractivity contribution < 1.29 is 18.7 Å². The van der Waals surface area contributed by atoms with Gasteiger partial charge >= 0.3 is 5.97 Å². The number of rotatable bonds is 3. The third-order valence-electron chi connectivity index (χ3n) is 2.59. The van der Waals surface area contributed by atoms with Crippen molar-refractivity contribution in [2.75, 3.05) is 0 Å². The van der Waals surface area contributed by atoms with Crippen LogP contribution in [0.15, 0.2) is 36.4 Å². The van der Waals surface area contributed by atoms with Crippen LogP contribution in [0, 0.1) is 11.6 Å². The third-order valence-corrected chi connectivity index (χ3v) is 2.94. The average molecular weight is 283 g/mol. The first-order valence-electron chi connectivity index (χ1n) is 5.42. The lowest BCUT2D eigenvalue weighted by atomic mass is 10.0. The topological polar surface area (TPSA) is 37.3 Å². The second kappa shape index (κ2) is 5.36. The first-order chi connectivity index (χ1) is 8.95. The predicted octanol–water partition coefficient (Wildman–Crippen LogP) is 3.91. The molecule has 2 aromatic rings. The van der Waals surface area contributed by atoms with Gasteiger partial charge in [-0.05, 0) is 34.9 Å². The van der Waals surface area contributed by atoms with Gasteiger partial charge in [0.2, 0.25) is 0 Å². The van der Waals surface area contributed by atoms with E-state index in [9.17, 15) is 13.6 Å². The Morgan fingerprint density at radius 3 is 2.21 bits per heavy atom. The number of carboxylic acids is 1. The van der Waals surface area contributed by atoms with Crippen LogP contribution in [0.2, 0.25) is 5.02 Å². The van der Waals surface area contributed by atoms with Gasteiger partial charge in [-0.2, -0.15) is 0 Å². The molecule has 0 spiro atoms. The van der Waals surface area contributed by atoms with Gasteiger partial charge in [-0.1, -0.05) is 23.7 Å². The summed E-state index contributed by atoms with van der Waals surface area (Å²) in [5.74, 6) is -2.35. The molecule has 5 heteroatoms. The lowest BCUT2D eigenvalue weighted by molar-refractivity contribution is -0.136. The molecule has 0 atom stereocenters. The lowest BCUT2D eigenvalue weighted by Crippen LogP contribution is -2.00. The van der Waals surface area contributed by atoms with E-state index in [2.05, 4.69) is 0 Å². The van der Waals surface area contributed by atoms with E-state index in [-0.39, 0.29) is 11.4 Å². The molecule has 2 aromatic carbocycles. The van der Waals surface area contributed by atoms with Crippen LogP contribution in [0.3, 0.4) is 0 Å². The molecule has 0 fully saturated rings. The zero-order valence-electron chi connectivity index (χ0n) is 9.66. The van der Waals surface area contributed by atoms with Crippen LogP contribution >= 0.6 is 11.6 Å². The number of aliphatic carboxylic acids is 1. The summed E-state index contributed by atoms with van der Waals surface area (Å²) in [6.45, 7) is 0. The maximum absolute atomic E-state index is 13.1. The molecule has 0 saturated heterocycles. The molecular formula is C14H9ClF2O2. The highest BCUT2D eigenvalue weighted by atomic mass is 35.5. The number of hydrogen-bond donors (Lipinski definition) is 1. The lowest BCUT2D eigenvalue weighted by Gasteiger charge is -2.06. The fourth-order valence-electron chi connectivity index (χ4n) is 1.75. The average Bonchev–Trinajstić information content (AvgIpc) is 2.30. The summed E-state index contributed by atoms with van der Waals surface area (Å²) in [5, 5.41) is 8.95. The van der Waals surface area contributed by atoms with Gasteiger partial charge in [-0.25, -0.2) is 8.78 Å². The third kappa shape index (κ3) is 3.29. The summed E-state index contributed by atoms with van der Waals surface area (Å²) in [7, 11) is 0. The minimum Gasteiger partial charge on any atom is -0.481 e. The Bertz CT molecular complexity index is 621. The highest BCUT2D eigenvalue weighted by molar-refractivity contribution is 6.31. The van der Waals surface area contributed by atoms with E-state index < -0.39 is 17.6 Å². The quantitative estimate of drug-likeness (QED) is 0.926. The zero-order chi connectivity index (χ0) is 14.0. The van der Waals surface area contributed by atoms with Crippen molar-refractivity contribution in [1.82, 2.24) is 0 Å². The van der Waals surface area contributed by atoms with Gasteiger partial charge in [-0.15, -0.1) is 0 Å². The largest absolute Gasteiger partial charge is 0.481 e. The van der Waals surface area contributed by atoms with Gasteiger partial charge in [0, 0.05) is 11.1 Å². The zero-order valence-corrected chi connectivity index (χ0v) is 10.4. The SMILES string of the molecule is O=C(O)Cc1ccc(-c2cc(F)cc(F)c2)cc1Cl. The number of halogens is 3. The Morgan fingerprint density at radius 1 is 1.05 bits per heavy atom. The summed E-state index contributed by atoms with van der Waals surface area (Å²) in [5.41, 5.74) is 1.33. The number of hydrogen-bond acceptors (Lipinski definition) is 1. The van der Waals surface area contributed by atoms with E-state index >= 15 is 0 Å². The number of carboxylic acid groups (broad SMARTS) is 1. The van der Waals surface area contributed by atoms with E-state index in [0.717, 1.165) is 6.07 Å². The Balaban J connectivity index is 2.41. The summed E-state index contributed by atoms with van der Waals surface area (Å²) in [4.78, 5) is 10.6. The molecule has 2 nitrogen and oxygen atoms in total. The van der Waals surface area contributed by atoms with Crippen molar-refractivity contribution in [1.29, 1.82) is 0 Å². The standard InChI is InChI=1S/C14H9ClF2O2/c15-13-5-8(1-2-9(13)6-14(18)19)10-3-11(16)7-12(17)4-10/h1-5,7H,6H2,(H,18,19). The molecule has 0 amide bonds. The van der Waals surface area contributed by atoms with Crippen LogP contribution in [-0.4, -0.2) is 11.1 Å². The van der Waals surface area contributed by atoms with Gasteiger partial charge in [0.1, 0.15) is 11.6 Å². The van der Waals surface area contributed by atoms with E-state index in [1.807, 2.05) is 0 Å². The summed E-state index contributed by atoms with van der Waals surface area (Å²) in [6.07, 6.45) is -0.198. The monoisotopic (exact) mass is 282 g/mol. The van der Waals surface area contributed by atoms with Crippen LogP contribution in [0.4, 0.5) is 8.78 Å². The Hall–Kier alpha value is -1.94. The summed E-state index contributed by atoms with van der Waals surface area (Å²) >= 11 is 5.95. The Kier molecular flexibility index (Phi) is 3.81. The van der Waals surface area contributed by atoms with E-state index in [1.54, 1.807) is 6.07 Å². The molecule has 2 rings (SSSR count). The van der Waals surface area contributed by atoms with Crippen molar-refractivity contribution in [2.24, 2.45) is 0 Å². The molecular weight excluding hydrogens is 274 g/mol. The first kappa shape index (κ1) is 13.5. The van der Waals surface area contributed by atoms with Crippen molar-refractivity contribution in [3.05, 3.63) is 58.6 Å². The minimum atomic E-state index is -0.994. The molecule has 0 heterocycles. The first-order valence-corrected chi connectivity index (χ1v) is 5.80. The van der Waals surface area contributed by atoms with Crippen molar-refractivity contribution in [3.63, 3.8) is 0 Å². The van der Waals surface area contributed by atoms with Crippen LogP contribution in [0.25, 0.3) is 11.1 Å².